The van der Waals surface area contributed by atoms with Crippen molar-refractivity contribution in [3.05, 3.63) is 29.8 Å². The number of hydrogen-bond acceptors (Lipinski definition) is 3. The summed E-state index contributed by atoms with van der Waals surface area (Å²) < 4.78 is 28.8. The molecule has 0 aliphatic heterocycles. The number of benzene rings is 1. The molecule has 1 aliphatic carbocycles. The third kappa shape index (κ3) is 5.48. The summed E-state index contributed by atoms with van der Waals surface area (Å²) in [5.41, 5.74) is 1.68. The van der Waals surface area contributed by atoms with E-state index in [1.807, 2.05) is 32.0 Å². The van der Waals surface area contributed by atoms with Crippen LogP contribution >= 0.6 is 0 Å². The Kier molecular flexibility index (Phi) is 5.01. The summed E-state index contributed by atoms with van der Waals surface area (Å²) in [6.07, 6.45) is 2.48. The van der Waals surface area contributed by atoms with Crippen molar-refractivity contribution in [3.8, 4) is 0 Å². The molecule has 0 atom stereocenters. The van der Waals surface area contributed by atoms with Crippen LogP contribution in [0.5, 0.6) is 0 Å². The molecule has 20 heavy (non-hydrogen) atoms. The highest BCUT2D eigenvalue weighted by Gasteiger charge is 2.20. The maximum absolute atomic E-state index is 11.9. The van der Waals surface area contributed by atoms with Crippen molar-refractivity contribution < 1.29 is 8.42 Å². The SMILES string of the molecule is CC(C)CNS(=O)(=O)Nc1cccc(CNC2CC2)c1. The standard InChI is InChI=1S/C14H23N3O2S/c1-11(2)9-16-20(18,19)17-14-5-3-4-12(8-14)10-15-13-6-7-13/h3-5,8,11,13,15-17H,6-7,9-10H2,1-2H3. The summed E-state index contributed by atoms with van der Waals surface area (Å²) in [5, 5.41) is 3.41. The lowest BCUT2D eigenvalue weighted by Crippen LogP contribution is -2.32. The Morgan fingerprint density at radius 3 is 2.70 bits per heavy atom. The Balaban J connectivity index is 1.92. The normalized spacial score (nSPS) is 15.6. The Labute approximate surface area is 121 Å². The van der Waals surface area contributed by atoms with Gasteiger partial charge in [0.05, 0.1) is 5.69 Å². The molecule has 0 saturated heterocycles. The van der Waals surface area contributed by atoms with Gasteiger partial charge in [-0.25, -0.2) is 0 Å². The van der Waals surface area contributed by atoms with Gasteiger partial charge >= 0.3 is 0 Å². The first kappa shape index (κ1) is 15.3. The molecule has 6 heteroatoms. The van der Waals surface area contributed by atoms with Crippen molar-refractivity contribution in [3.63, 3.8) is 0 Å². The maximum atomic E-state index is 11.9. The van der Waals surface area contributed by atoms with E-state index in [0.29, 0.717) is 18.3 Å². The maximum Gasteiger partial charge on any atom is 0.299 e. The van der Waals surface area contributed by atoms with Gasteiger partial charge in [0.1, 0.15) is 0 Å². The van der Waals surface area contributed by atoms with Crippen molar-refractivity contribution in [1.29, 1.82) is 0 Å². The van der Waals surface area contributed by atoms with Gasteiger partial charge in [0.2, 0.25) is 0 Å². The van der Waals surface area contributed by atoms with Crippen LogP contribution < -0.4 is 14.8 Å². The zero-order valence-corrected chi connectivity index (χ0v) is 12.8. The molecule has 112 valence electrons. The van der Waals surface area contributed by atoms with Crippen LogP contribution in [0.2, 0.25) is 0 Å². The zero-order valence-electron chi connectivity index (χ0n) is 12.0. The molecule has 3 N–H and O–H groups in total. The smallest absolute Gasteiger partial charge is 0.299 e. The van der Waals surface area contributed by atoms with Crippen molar-refractivity contribution in [2.45, 2.75) is 39.3 Å². The lowest BCUT2D eigenvalue weighted by molar-refractivity contribution is 0.565. The van der Waals surface area contributed by atoms with E-state index in [4.69, 9.17) is 0 Å². The molecule has 0 radical (unpaired) electrons. The van der Waals surface area contributed by atoms with Gasteiger partial charge in [0, 0.05) is 19.1 Å². The molecule has 0 heterocycles. The molecule has 5 nitrogen and oxygen atoms in total. The second-order valence-electron chi connectivity index (χ2n) is 5.70. The monoisotopic (exact) mass is 297 g/mol. The summed E-state index contributed by atoms with van der Waals surface area (Å²) in [4.78, 5) is 0. The lowest BCUT2D eigenvalue weighted by Gasteiger charge is -2.12. The highest BCUT2D eigenvalue weighted by molar-refractivity contribution is 7.90. The Bertz CT molecular complexity index is 539. The highest BCUT2D eigenvalue weighted by atomic mass is 32.2. The van der Waals surface area contributed by atoms with Crippen molar-refractivity contribution in [2.75, 3.05) is 11.3 Å². The van der Waals surface area contributed by atoms with E-state index in [1.54, 1.807) is 6.07 Å². The first-order valence-corrected chi connectivity index (χ1v) is 8.52. The quantitative estimate of drug-likeness (QED) is 0.686. The second-order valence-corrected chi connectivity index (χ2v) is 7.20. The van der Waals surface area contributed by atoms with Crippen molar-refractivity contribution in [2.24, 2.45) is 5.92 Å². The molecule has 1 saturated carbocycles. The van der Waals surface area contributed by atoms with Gasteiger partial charge in [0.25, 0.3) is 10.2 Å². The largest absolute Gasteiger partial charge is 0.310 e. The Morgan fingerprint density at radius 1 is 1.30 bits per heavy atom. The molecule has 1 fully saturated rings. The van der Waals surface area contributed by atoms with Crippen molar-refractivity contribution in [1.82, 2.24) is 10.0 Å². The number of anilines is 1. The summed E-state index contributed by atoms with van der Waals surface area (Å²) >= 11 is 0. The van der Waals surface area contributed by atoms with Crippen LogP contribution in [0.25, 0.3) is 0 Å². The topological polar surface area (TPSA) is 70.2 Å². The molecule has 0 bridgehead atoms. The molecule has 1 aliphatic rings. The number of hydrogen-bond donors (Lipinski definition) is 3. The summed E-state index contributed by atoms with van der Waals surface area (Å²) in [6, 6.07) is 8.13. The molecule has 1 aromatic carbocycles. The van der Waals surface area contributed by atoms with Crippen LogP contribution in [-0.2, 0) is 16.8 Å². The molecule has 0 spiro atoms. The molecule has 1 aromatic rings. The van der Waals surface area contributed by atoms with Gasteiger partial charge in [0.15, 0.2) is 0 Å². The minimum Gasteiger partial charge on any atom is -0.310 e. The third-order valence-electron chi connectivity index (χ3n) is 3.03. The van der Waals surface area contributed by atoms with Crippen LogP contribution in [0.4, 0.5) is 5.69 Å². The zero-order chi connectivity index (χ0) is 14.6. The average molecular weight is 297 g/mol. The van der Waals surface area contributed by atoms with Crippen LogP contribution in [-0.4, -0.2) is 21.0 Å². The summed E-state index contributed by atoms with van der Waals surface area (Å²) in [5.74, 6) is 0.278. The van der Waals surface area contributed by atoms with Gasteiger partial charge in [-0.2, -0.15) is 13.1 Å². The van der Waals surface area contributed by atoms with Crippen LogP contribution in [0.15, 0.2) is 24.3 Å². The van der Waals surface area contributed by atoms with E-state index in [9.17, 15) is 8.42 Å². The fourth-order valence-corrected chi connectivity index (χ4v) is 2.82. The molecular weight excluding hydrogens is 274 g/mol. The first-order valence-electron chi connectivity index (χ1n) is 7.04. The van der Waals surface area contributed by atoms with Gasteiger partial charge < -0.3 is 5.32 Å². The van der Waals surface area contributed by atoms with Crippen LogP contribution in [0, 0.1) is 5.92 Å². The van der Waals surface area contributed by atoms with Crippen LogP contribution in [0.3, 0.4) is 0 Å². The Morgan fingerprint density at radius 2 is 2.05 bits per heavy atom. The Hall–Kier alpha value is -1.11. The molecule has 0 aromatic heterocycles. The number of nitrogens with one attached hydrogen (secondary N) is 3. The van der Waals surface area contributed by atoms with Crippen LogP contribution in [0.1, 0.15) is 32.3 Å². The lowest BCUT2D eigenvalue weighted by atomic mass is 10.2. The van der Waals surface area contributed by atoms with E-state index < -0.39 is 10.2 Å². The second kappa shape index (κ2) is 6.56. The average Bonchev–Trinajstić information content (AvgIpc) is 3.18. The minimum absolute atomic E-state index is 0.278. The summed E-state index contributed by atoms with van der Waals surface area (Å²) in [6.45, 7) is 5.14. The predicted octanol–water partition coefficient (Wildman–Crippen LogP) is 1.84. The van der Waals surface area contributed by atoms with E-state index in [0.717, 1.165) is 12.1 Å². The minimum atomic E-state index is -3.49. The first-order chi connectivity index (χ1) is 9.44. The predicted molar refractivity (Wildman–Crippen MR) is 81.7 cm³/mol. The summed E-state index contributed by atoms with van der Waals surface area (Å²) in [7, 11) is -3.49. The number of rotatable bonds is 8. The van der Waals surface area contributed by atoms with E-state index in [2.05, 4.69) is 14.8 Å². The van der Waals surface area contributed by atoms with E-state index >= 15 is 0 Å². The van der Waals surface area contributed by atoms with Gasteiger partial charge in [-0.15, -0.1) is 0 Å². The van der Waals surface area contributed by atoms with Crippen molar-refractivity contribution >= 4 is 15.9 Å². The molecule has 0 amide bonds. The molecular formula is C14H23N3O2S. The van der Waals surface area contributed by atoms with Gasteiger partial charge in [-0.3, -0.25) is 4.72 Å². The fraction of sp³-hybridized carbons (Fsp3) is 0.571. The molecule has 0 unspecified atom stereocenters. The fourth-order valence-electron chi connectivity index (χ4n) is 1.76. The van der Waals surface area contributed by atoms with E-state index in [-0.39, 0.29) is 5.92 Å². The van der Waals surface area contributed by atoms with E-state index in [1.165, 1.54) is 12.8 Å². The third-order valence-corrected chi connectivity index (χ3v) is 4.08. The molecule has 2 rings (SSSR count). The highest BCUT2D eigenvalue weighted by Crippen LogP contribution is 2.20. The van der Waals surface area contributed by atoms with Gasteiger partial charge in [-0.05, 0) is 36.5 Å². The van der Waals surface area contributed by atoms with Gasteiger partial charge in [-0.1, -0.05) is 26.0 Å².